The van der Waals surface area contributed by atoms with Crippen molar-refractivity contribution in [2.24, 2.45) is 11.8 Å². The van der Waals surface area contributed by atoms with Crippen molar-refractivity contribution in [1.29, 1.82) is 0 Å². The Balaban J connectivity index is 2.10. The summed E-state index contributed by atoms with van der Waals surface area (Å²) < 4.78 is 1.28. The molecule has 1 heterocycles. The summed E-state index contributed by atoms with van der Waals surface area (Å²) in [5.74, 6) is 1.76. The first kappa shape index (κ1) is 15.5. The Hall–Kier alpha value is 0.140. The molecule has 0 spiro atoms. The van der Waals surface area contributed by atoms with Gasteiger partial charge in [0, 0.05) is 20.3 Å². The largest absolute Gasteiger partial charge is 0.309 e. The maximum absolute atomic E-state index is 3.80. The Kier molecular flexibility index (Phi) is 5.91. The fourth-order valence-electron chi connectivity index (χ4n) is 3.05. The summed E-state index contributed by atoms with van der Waals surface area (Å²) in [4.78, 5) is 2.93. The Bertz CT molecular complexity index is 374. The van der Waals surface area contributed by atoms with Crippen LogP contribution in [0.4, 0.5) is 0 Å². The van der Waals surface area contributed by atoms with Crippen LogP contribution in [0.15, 0.2) is 10.5 Å². The molecule has 2 rings (SSSR count). The smallest absolute Gasteiger partial charge is 0.0443 e. The maximum Gasteiger partial charge on any atom is 0.0443 e. The van der Waals surface area contributed by atoms with Gasteiger partial charge in [0.15, 0.2) is 0 Å². The van der Waals surface area contributed by atoms with Gasteiger partial charge in [-0.25, -0.2) is 0 Å². The van der Waals surface area contributed by atoms with E-state index in [0.717, 1.165) is 18.4 Å². The van der Waals surface area contributed by atoms with Crippen molar-refractivity contribution < 1.29 is 0 Å². The van der Waals surface area contributed by atoms with Gasteiger partial charge in [0.25, 0.3) is 0 Å². The van der Waals surface area contributed by atoms with Crippen LogP contribution in [-0.4, -0.2) is 6.54 Å². The van der Waals surface area contributed by atoms with E-state index in [2.05, 4.69) is 48.1 Å². The number of halogens is 1. The van der Waals surface area contributed by atoms with Crippen molar-refractivity contribution in [1.82, 2.24) is 5.32 Å². The first-order chi connectivity index (χ1) is 9.11. The predicted molar refractivity (Wildman–Crippen MR) is 88.9 cm³/mol. The van der Waals surface area contributed by atoms with E-state index in [1.807, 2.05) is 11.3 Å². The molecule has 0 bridgehead atoms. The molecule has 0 aromatic carbocycles. The zero-order valence-corrected chi connectivity index (χ0v) is 14.7. The highest BCUT2D eigenvalue weighted by Gasteiger charge is 2.28. The minimum absolute atomic E-state index is 0.572. The Morgan fingerprint density at radius 2 is 2.05 bits per heavy atom. The lowest BCUT2D eigenvalue weighted by atomic mass is 9.79. The highest BCUT2D eigenvalue weighted by Crippen LogP contribution is 2.40. The van der Waals surface area contributed by atoms with Gasteiger partial charge >= 0.3 is 0 Å². The van der Waals surface area contributed by atoms with E-state index < -0.39 is 0 Å². The van der Waals surface area contributed by atoms with Gasteiger partial charge in [0.2, 0.25) is 0 Å². The lowest BCUT2D eigenvalue weighted by molar-refractivity contribution is 0.233. The second kappa shape index (κ2) is 7.24. The molecule has 0 aliphatic heterocycles. The normalized spacial score (nSPS) is 25.5. The van der Waals surface area contributed by atoms with E-state index in [1.165, 1.54) is 46.3 Å². The summed E-state index contributed by atoms with van der Waals surface area (Å²) in [6.07, 6.45) is 6.79. The standard InChI is InChI=1S/C16H26BrNS/c1-4-9-18-16(13-7-5-11(2)6-8-13)15-10-14(17)12(3)19-15/h10-11,13,16,18H,4-9H2,1-3H3. The van der Waals surface area contributed by atoms with Gasteiger partial charge in [0.05, 0.1) is 0 Å². The Morgan fingerprint density at radius 1 is 1.37 bits per heavy atom. The van der Waals surface area contributed by atoms with Gasteiger partial charge < -0.3 is 5.32 Å². The van der Waals surface area contributed by atoms with Gasteiger partial charge in [-0.15, -0.1) is 11.3 Å². The minimum Gasteiger partial charge on any atom is -0.309 e. The van der Waals surface area contributed by atoms with Crippen LogP contribution < -0.4 is 5.32 Å². The number of aryl methyl sites for hydroxylation is 1. The highest BCUT2D eigenvalue weighted by molar-refractivity contribution is 9.10. The zero-order valence-electron chi connectivity index (χ0n) is 12.3. The molecule has 0 amide bonds. The molecule has 1 fully saturated rings. The summed E-state index contributed by atoms with van der Waals surface area (Å²) in [6.45, 7) is 7.99. The summed E-state index contributed by atoms with van der Waals surface area (Å²) in [5.41, 5.74) is 0. The van der Waals surface area contributed by atoms with Crippen LogP contribution in [0.3, 0.4) is 0 Å². The van der Waals surface area contributed by atoms with Crippen molar-refractivity contribution in [2.45, 2.75) is 58.9 Å². The van der Waals surface area contributed by atoms with Crippen LogP contribution in [0.25, 0.3) is 0 Å². The van der Waals surface area contributed by atoms with Crippen LogP contribution in [-0.2, 0) is 0 Å². The molecule has 1 N–H and O–H groups in total. The minimum atomic E-state index is 0.572. The van der Waals surface area contributed by atoms with E-state index >= 15 is 0 Å². The number of thiophene rings is 1. The summed E-state index contributed by atoms with van der Waals surface area (Å²) in [7, 11) is 0. The third kappa shape index (κ3) is 4.05. The number of hydrogen-bond donors (Lipinski definition) is 1. The van der Waals surface area contributed by atoms with Crippen molar-refractivity contribution in [3.63, 3.8) is 0 Å². The molecule has 1 atom stereocenters. The second-order valence-corrected chi connectivity index (χ2v) is 8.15. The summed E-state index contributed by atoms with van der Waals surface area (Å²) >= 11 is 5.63. The van der Waals surface area contributed by atoms with Crippen molar-refractivity contribution >= 4 is 27.3 Å². The maximum atomic E-state index is 3.80. The molecular weight excluding hydrogens is 318 g/mol. The van der Waals surface area contributed by atoms with Crippen LogP contribution >= 0.6 is 27.3 Å². The fourth-order valence-corrected chi connectivity index (χ4v) is 4.78. The van der Waals surface area contributed by atoms with Gasteiger partial charge in [0.1, 0.15) is 0 Å². The molecule has 19 heavy (non-hydrogen) atoms. The lowest BCUT2D eigenvalue weighted by Gasteiger charge is -2.33. The fraction of sp³-hybridized carbons (Fsp3) is 0.750. The van der Waals surface area contributed by atoms with E-state index in [9.17, 15) is 0 Å². The molecule has 1 aliphatic carbocycles. The number of hydrogen-bond acceptors (Lipinski definition) is 2. The van der Waals surface area contributed by atoms with Gasteiger partial charge in [-0.3, -0.25) is 0 Å². The third-order valence-electron chi connectivity index (χ3n) is 4.33. The van der Waals surface area contributed by atoms with Crippen LogP contribution in [0.1, 0.15) is 61.7 Å². The van der Waals surface area contributed by atoms with Crippen molar-refractivity contribution in [2.75, 3.05) is 6.54 Å². The molecule has 0 radical (unpaired) electrons. The molecule has 3 heteroatoms. The van der Waals surface area contributed by atoms with E-state index in [1.54, 1.807) is 0 Å². The molecule has 1 aromatic heterocycles. The molecule has 1 nitrogen and oxygen atoms in total. The number of nitrogens with one attached hydrogen (secondary N) is 1. The average Bonchev–Trinajstić information content (AvgIpc) is 2.72. The van der Waals surface area contributed by atoms with E-state index in [-0.39, 0.29) is 0 Å². The zero-order chi connectivity index (χ0) is 13.8. The number of rotatable bonds is 5. The van der Waals surface area contributed by atoms with Crippen molar-refractivity contribution in [3.05, 3.63) is 20.3 Å². The summed E-state index contributed by atoms with van der Waals surface area (Å²) in [6, 6.07) is 2.91. The monoisotopic (exact) mass is 343 g/mol. The van der Waals surface area contributed by atoms with Crippen LogP contribution in [0, 0.1) is 18.8 Å². The lowest BCUT2D eigenvalue weighted by Crippen LogP contribution is -2.30. The van der Waals surface area contributed by atoms with Gasteiger partial charge in [-0.1, -0.05) is 26.7 Å². The first-order valence-electron chi connectivity index (χ1n) is 7.61. The summed E-state index contributed by atoms with van der Waals surface area (Å²) in [5, 5.41) is 3.80. The molecule has 1 unspecified atom stereocenters. The quantitative estimate of drug-likeness (QED) is 0.724. The molecule has 108 valence electrons. The molecule has 1 aliphatic rings. The Morgan fingerprint density at radius 3 is 2.58 bits per heavy atom. The SMILES string of the molecule is CCCNC(c1cc(Br)c(C)s1)C1CCC(C)CC1. The third-order valence-corrected chi connectivity index (χ3v) is 6.55. The van der Waals surface area contributed by atoms with Gasteiger partial charge in [-0.2, -0.15) is 0 Å². The topological polar surface area (TPSA) is 12.0 Å². The van der Waals surface area contributed by atoms with E-state index in [4.69, 9.17) is 0 Å². The highest BCUT2D eigenvalue weighted by atomic mass is 79.9. The Labute approximate surface area is 130 Å². The molecule has 0 saturated heterocycles. The van der Waals surface area contributed by atoms with Crippen molar-refractivity contribution in [3.8, 4) is 0 Å². The molecule has 1 aromatic rings. The predicted octanol–water partition coefficient (Wildman–Crippen LogP) is 5.69. The van der Waals surface area contributed by atoms with E-state index in [0.29, 0.717) is 6.04 Å². The average molecular weight is 344 g/mol. The van der Waals surface area contributed by atoms with Gasteiger partial charge in [-0.05, 0) is 66.6 Å². The van der Waals surface area contributed by atoms with Crippen LogP contribution in [0.5, 0.6) is 0 Å². The first-order valence-corrected chi connectivity index (χ1v) is 9.22. The molecular formula is C16H26BrNS. The van der Waals surface area contributed by atoms with Crippen LogP contribution in [0.2, 0.25) is 0 Å². The molecule has 1 saturated carbocycles. The second-order valence-electron chi connectivity index (χ2n) is 6.00.